The van der Waals surface area contributed by atoms with Crippen LogP contribution in [-0.2, 0) is 0 Å². The third-order valence-corrected chi connectivity index (χ3v) is 1.21. The molecule has 0 amide bonds. The summed E-state index contributed by atoms with van der Waals surface area (Å²) < 4.78 is 0. The van der Waals surface area contributed by atoms with Gasteiger partial charge in [-0.25, -0.2) is 0 Å². The molecule has 0 heteroatoms. The summed E-state index contributed by atoms with van der Waals surface area (Å²) in [5.41, 5.74) is 1.37. The summed E-state index contributed by atoms with van der Waals surface area (Å²) in [6.07, 6.45) is 7.77. The highest BCUT2D eigenvalue weighted by atomic mass is 13.9. The van der Waals surface area contributed by atoms with E-state index in [2.05, 4.69) is 45.9 Å². The molecule has 0 heterocycles. The lowest BCUT2D eigenvalue weighted by Crippen LogP contribution is -1.79. The van der Waals surface area contributed by atoms with Crippen molar-refractivity contribution in [1.82, 2.24) is 0 Å². The molecule has 0 aromatic heterocycles. The van der Waals surface area contributed by atoms with Crippen molar-refractivity contribution in [3.63, 3.8) is 0 Å². The number of hydrogen-bond acceptors (Lipinski definition) is 0. The number of hydrogen-bond donors (Lipinski definition) is 0. The average Bonchev–Trinajstić information content (AvgIpc) is 1.82. The van der Waals surface area contributed by atoms with Gasteiger partial charge in [-0.2, -0.15) is 0 Å². The largest absolute Gasteiger partial charge is 0.0846 e. The minimum atomic E-state index is 0.668. The van der Waals surface area contributed by atoms with Crippen LogP contribution in [0.1, 0.15) is 34.1 Å². The highest BCUT2D eigenvalue weighted by Gasteiger charge is 1.85. The Labute approximate surface area is 64.6 Å². The number of rotatable bonds is 3. The first-order valence-corrected chi connectivity index (χ1v) is 4.01. The van der Waals surface area contributed by atoms with E-state index in [9.17, 15) is 0 Å². The van der Waals surface area contributed by atoms with Gasteiger partial charge >= 0.3 is 0 Å². The first-order valence-electron chi connectivity index (χ1n) is 4.01. The molecule has 0 aliphatic heterocycles. The van der Waals surface area contributed by atoms with Gasteiger partial charge in [0.2, 0.25) is 0 Å². The Kier molecular flexibility index (Phi) is 5.00. The van der Waals surface area contributed by atoms with E-state index >= 15 is 0 Å². The summed E-state index contributed by atoms with van der Waals surface area (Å²) in [6.45, 7) is 8.69. The van der Waals surface area contributed by atoms with Gasteiger partial charge in [-0.15, -0.1) is 0 Å². The Morgan fingerprint density at radius 3 is 2.40 bits per heavy atom. The second-order valence-electron chi connectivity index (χ2n) is 2.97. The van der Waals surface area contributed by atoms with Gasteiger partial charge < -0.3 is 0 Å². The molecule has 0 aliphatic rings. The van der Waals surface area contributed by atoms with E-state index in [1.807, 2.05) is 0 Å². The lowest BCUT2D eigenvalue weighted by molar-refractivity contribution is 0.825. The fourth-order valence-electron chi connectivity index (χ4n) is 0.885. The molecule has 0 N–H and O–H groups in total. The summed E-state index contributed by atoms with van der Waals surface area (Å²) >= 11 is 0. The average molecular weight is 138 g/mol. The van der Waals surface area contributed by atoms with Crippen molar-refractivity contribution in [1.29, 1.82) is 0 Å². The quantitative estimate of drug-likeness (QED) is 0.523. The fraction of sp³-hybridized carbons (Fsp3) is 0.600. The molecule has 0 aromatic rings. The Bertz CT molecular complexity index is 127. The van der Waals surface area contributed by atoms with Gasteiger partial charge in [0.05, 0.1) is 0 Å². The molecule has 0 bridgehead atoms. The highest BCUT2D eigenvalue weighted by molar-refractivity contribution is 5.16. The van der Waals surface area contributed by atoms with Crippen molar-refractivity contribution in [2.45, 2.75) is 34.1 Å². The molecule has 0 rings (SSSR count). The molecular weight excluding hydrogens is 120 g/mol. The van der Waals surface area contributed by atoms with Gasteiger partial charge in [0.1, 0.15) is 0 Å². The molecular formula is C10H18. The van der Waals surface area contributed by atoms with E-state index < -0.39 is 0 Å². The monoisotopic (exact) mass is 138 g/mol. The standard InChI is InChI=1S/C10H18/c1-5-6-7-10(4)8-9(2)3/h6-9H,5H2,1-4H3. The molecule has 0 aromatic carbocycles. The minimum Gasteiger partial charge on any atom is -0.0846 e. The lowest BCUT2D eigenvalue weighted by Gasteiger charge is -1.95. The van der Waals surface area contributed by atoms with Crippen molar-refractivity contribution < 1.29 is 0 Å². The molecule has 0 fully saturated rings. The maximum absolute atomic E-state index is 2.27. The van der Waals surface area contributed by atoms with Gasteiger partial charge in [-0.3, -0.25) is 0 Å². The molecule has 0 saturated carbocycles. The van der Waals surface area contributed by atoms with Crippen LogP contribution in [0.15, 0.2) is 23.8 Å². The molecule has 0 saturated heterocycles. The molecule has 58 valence electrons. The van der Waals surface area contributed by atoms with Gasteiger partial charge in [0, 0.05) is 0 Å². The van der Waals surface area contributed by atoms with Gasteiger partial charge in [0.25, 0.3) is 0 Å². The molecule has 10 heavy (non-hydrogen) atoms. The summed E-state index contributed by atoms with van der Waals surface area (Å²) in [4.78, 5) is 0. The van der Waals surface area contributed by atoms with Crippen LogP contribution < -0.4 is 0 Å². The Morgan fingerprint density at radius 2 is 2.00 bits per heavy atom. The van der Waals surface area contributed by atoms with E-state index in [0.29, 0.717) is 5.92 Å². The molecule has 0 aliphatic carbocycles. The van der Waals surface area contributed by atoms with Crippen molar-refractivity contribution in [2.24, 2.45) is 5.92 Å². The maximum atomic E-state index is 2.27. The highest BCUT2D eigenvalue weighted by Crippen LogP contribution is 2.02. The minimum absolute atomic E-state index is 0.668. The number of allylic oxidation sites excluding steroid dienone is 4. The zero-order valence-corrected chi connectivity index (χ0v) is 7.52. The first kappa shape index (κ1) is 9.48. The second-order valence-corrected chi connectivity index (χ2v) is 2.97. The summed E-state index contributed by atoms with van der Waals surface area (Å²) in [5, 5.41) is 0. The normalized spacial score (nSPS) is 13.5. The van der Waals surface area contributed by atoms with Crippen LogP contribution in [0.4, 0.5) is 0 Å². The topological polar surface area (TPSA) is 0 Å². The Hall–Kier alpha value is -0.520. The van der Waals surface area contributed by atoms with E-state index in [0.717, 1.165) is 6.42 Å². The van der Waals surface area contributed by atoms with Crippen LogP contribution in [0.25, 0.3) is 0 Å². The van der Waals surface area contributed by atoms with Crippen molar-refractivity contribution in [3.8, 4) is 0 Å². The lowest BCUT2D eigenvalue weighted by atomic mass is 10.1. The van der Waals surface area contributed by atoms with E-state index in [1.54, 1.807) is 0 Å². The van der Waals surface area contributed by atoms with Crippen LogP contribution >= 0.6 is 0 Å². The third-order valence-electron chi connectivity index (χ3n) is 1.21. The fourth-order valence-corrected chi connectivity index (χ4v) is 0.885. The van der Waals surface area contributed by atoms with Crippen molar-refractivity contribution in [2.75, 3.05) is 0 Å². The van der Waals surface area contributed by atoms with Crippen LogP contribution in [0.5, 0.6) is 0 Å². The summed E-state index contributed by atoms with van der Waals surface area (Å²) in [7, 11) is 0. The van der Waals surface area contributed by atoms with E-state index in [-0.39, 0.29) is 0 Å². The van der Waals surface area contributed by atoms with Crippen LogP contribution in [-0.4, -0.2) is 0 Å². The smallest absolute Gasteiger partial charge is 0.0285 e. The van der Waals surface area contributed by atoms with Crippen molar-refractivity contribution >= 4 is 0 Å². The zero-order chi connectivity index (χ0) is 7.98. The molecule has 0 radical (unpaired) electrons. The summed E-state index contributed by atoms with van der Waals surface area (Å²) in [5.74, 6) is 0.668. The van der Waals surface area contributed by atoms with Crippen molar-refractivity contribution in [3.05, 3.63) is 23.8 Å². The zero-order valence-electron chi connectivity index (χ0n) is 7.52. The van der Waals surface area contributed by atoms with Crippen LogP contribution in [0, 0.1) is 5.92 Å². The SMILES string of the molecule is CCC=CC(C)=CC(C)C. The molecule has 0 nitrogen and oxygen atoms in total. The Morgan fingerprint density at radius 1 is 1.40 bits per heavy atom. The van der Waals surface area contributed by atoms with E-state index in [1.165, 1.54) is 5.57 Å². The van der Waals surface area contributed by atoms with Crippen LogP contribution in [0.3, 0.4) is 0 Å². The van der Waals surface area contributed by atoms with Crippen LogP contribution in [0.2, 0.25) is 0 Å². The van der Waals surface area contributed by atoms with Gasteiger partial charge in [0.15, 0.2) is 0 Å². The summed E-state index contributed by atoms with van der Waals surface area (Å²) in [6, 6.07) is 0. The van der Waals surface area contributed by atoms with E-state index in [4.69, 9.17) is 0 Å². The Balaban J connectivity index is 3.82. The predicted molar refractivity (Wildman–Crippen MR) is 48.0 cm³/mol. The third kappa shape index (κ3) is 5.61. The molecule has 0 atom stereocenters. The predicted octanol–water partition coefficient (Wildman–Crippen LogP) is 3.55. The molecule has 0 unspecified atom stereocenters. The second kappa shape index (κ2) is 5.28. The maximum Gasteiger partial charge on any atom is -0.0285 e. The molecule has 0 spiro atoms. The first-order chi connectivity index (χ1) is 4.66. The van der Waals surface area contributed by atoms with Gasteiger partial charge in [-0.05, 0) is 19.3 Å². The van der Waals surface area contributed by atoms with Gasteiger partial charge in [-0.1, -0.05) is 44.6 Å².